The van der Waals surface area contributed by atoms with Gasteiger partial charge in [0.05, 0.1) is 20.5 Å². The first-order valence-electron chi connectivity index (χ1n) is 9.02. The lowest BCUT2D eigenvalue weighted by Crippen LogP contribution is -2.06. The van der Waals surface area contributed by atoms with Crippen LogP contribution in [-0.4, -0.2) is 9.91 Å². The van der Waals surface area contributed by atoms with Gasteiger partial charge in [0.1, 0.15) is 23.3 Å². The number of anilines is 3. The highest BCUT2D eigenvalue weighted by atomic mass is 79.9. The Hall–Kier alpha value is -4.05. The molecule has 3 N–H and O–H groups in total. The minimum atomic E-state index is -4.94. The lowest BCUT2D eigenvalue weighted by molar-refractivity contribution is -0.385. The van der Waals surface area contributed by atoms with Crippen molar-refractivity contribution in [3.63, 3.8) is 0 Å². The first-order valence-corrected chi connectivity index (χ1v) is 9.81. The molecular weight excluding hydrogens is 507 g/mol. The van der Waals surface area contributed by atoms with E-state index in [0.29, 0.717) is 11.8 Å². The second-order valence-electron chi connectivity index (χ2n) is 6.58. The van der Waals surface area contributed by atoms with Crippen molar-refractivity contribution in [3.8, 4) is 6.07 Å². The van der Waals surface area contributed by atoms with Gasteiger partial charge in [0, 0.05) is 23.4 Å². The minimum absolute atomic E-state index is 0.0126. The molecule has 9 nitrogen and oxygen atoms in total. The molecule has 3 aromatic rings. The van der Waals surface area contributed by atoms with Crippen LogP contribution >= 0.6 is 15.9 Å². The zero-order chi connectivity index (χ0) is 24.3. The Bertz CT molecular complexity index is 1310. The van der Waals surface area contributed by atoms with Crippen molar-refractivity contribution in [2.45, 2.75) is 13.1 Å². The van der Waals surface area contributed by atoms with Crippen molar-refractivity contribution in [2.24, 2.45) is 10.2 Å². The second-order valence-corrected chi connectivity index (χ2v) is 7.43. The van der Waals surface area contributed by atoms with Crippen molar-refractivity contribution in [1.29, 1.82) is 5.26 Å². The Balaban J connectivity index is 2.19. The third kappa shape index (κ3) is 5.07. The van der Waals surface area contributed by atoms with Gasteiger partial charge in [-0.1, -0.05) is 18.2 Å². The van der Waals surface area contributed by atoms with Crippen LogP contribution in [0.2, 0.25) is 0 Å². The molecule has 0 saturated heterocycles. The van der Waals surface area contributed by atoms with Crippen molar-refractivity contribution < 1.29 is 18.1 Å². The topological polar surface area (TPSA) is 143 Å². The lowest BCUT2D eigenvalue weighted by Gasteiger charge is -2.13. The van der Waals surface area contributed by atoms with E-state index >= 15 is 0 Å². The average molecular weight is 520 g/mol. The molecular formula is C20H13BrF3N7O2. The zero-order valence-electron chi connectivity index (χ0n) is 16.7. The van der Waals surface area contributed by atoms with E-state index in [1.54, 1.807) is 30.3 Å². The summed E-state index contributed by atoms with van der Waals surface area (Å²) in [5, 5.41) is 31.0. The number of nitrogen functional groups attached to an aromatic ring is 1. The molecule has 0 aliphatic carbocycles. The molecule has 13 heteroatoms. The molecule has 0 fully saturated rings. The molecule has 0 atom stereocenters. The standard InChI is InChI=1S/C20H13BrF3N7O2/c1-10-13(9-25)18(26)28-19(27-11-5-3-2-4-6-11)16(10)29-30-17-14(20(22,23)24)7-12(31(32)33)8-15(17)21/h2-8H,1H3,(H3,26,27,28)/b30-29+. The van der Waals surface area contributed by atoms with E-state index in [-0.39, 0.29) is 32.9 Å². The maximum Gasteiger partial charge on any atom is 0.418 e. The highest BCUT2D eigenvalue weighted by Gasteiger charge is 2.37. The molecule has 168 valence electrons. The van der Waals surface area contributed by atoms with E-state index in [0.717, 1.165) is 6.07 Å². The summed E-state index contributed by atoms with van der Waals surface area (Å²) in [5.41, 5.74) is 3.83. The van der Waals surface area contributed by atoms with Gasteiger partial charge in [-0.15, -0.1) is 10.2 Å². The number of nitrogens with one attached hydrogen (secondary N) is 1. The monoisotopic (exact) mass is 519 g/mol. The van der Waals surface area contributed by atoms with Gasteiger partial charge in [-0.25, -0.2) is 4.98 Å². The van der Waals surface area contributed by atoms with E-state index in [9.17, 15) is 28.5 Å². The normalized spacial score (nSPS) is 11.4. The predicted octanol–water partition coefficient (Wildman–Crippen LogP) is 6.69. The Morgan fingerprint density at radius 2 is 1.85 bits per heavy atom. The number of non-ortho nitro benzene ring substituents is 1. The van der Waals surface area contributed by atoms with Crippen LogP contribution in [0.15, 0.2) is 57.2 Å². The van der Waals surface area contributed by atoms with Gasteiger partial charge in [-0.2, -0.15) is 18.4 Å². The zero-order valence-corrected chi connectivity index (χ0v) is 18.3. The second kappa shape index (κ2) is 9.21. The van der Waals surface area contributed by atoms with E-state index in [2.05, 4.69) is 36.5 Å². The van der Waals surface area contributed by atoms with Gasteiger partial charge < -0.3 is 11.1 Å². The number of rotatable bonds is 5. The van der Waals surface area contributed by atoms with Crippen LogP contribution in [0, 0.1) is 28.4 Å². The molecule has 1 heterocycles. The Labute approximate surface area is 193 Å². The largest absolute Gasteiger partial charge is 0.418 e. The molecule has 1 aromatic heterocycles. The molecule has 33 heavy (non-hydrogen) atoms. The summed E-state index contributed by atoms with van der Waals surface area (Å²) in [6.45, 7) is 1.50. The van der Waals surface area contributed by atoms with Crippen molar-refractivity contribution in [3.05, 3.63) is 73.7 Å². The van der Waals surface area contributed by atoms with Gasteiger partial charge >= 0.3 is 6.18 Å². The number of para-hydroxylation sites is 1. The SMILES string of the molecule is Cc1c(C#N)c(N)nc(Nc2ccccc2)c1/N=N/c1c(Br)cc([N+](=O)[O-])cc1C(F)(F)F. The number of halogens is 4. The number of nitriles is 1. The summed E-state index contributed by atoms with van der Waals surface area (Å²) in [7, 11) is 0. The highest BCUT2D eigenvalue weighted by Crippen LogP contribution is 2.44. The van der Waals surface area contributed by atoms with Crippen molar-refractivity contribution in [2.75, 3.05) is 11.1 Å². The fourth-order valence-electron chi connectivity index (χ4n) is 2.83. The maximum atomic E-state index is 13.6. The quantitative estimate of drug-likeness (QED) is 0.218. The number of hydrogen-bond acceptors (Lipinski definition) is 8. The molecule has 0 amide bonds. The Morgan fingerprint density at radius 3 is 2.42 bits per heavy atom. The third-order valence-corrected chi connectivity index (χ3v) is 5.01. The van der Waals surface area contributed by atoms with Crippen LogP contribution in [-0.2, 0) is 6.18 Å². The van der Waals surface area contributed by atoms with Gasteiger partial charge in [0.25, 0.3) is 5.69 Å². The Morgan fingerprint density at radius 1 is 1.21 bits per heavy atom. The summed E-state index contributed by atoms with van der Waals surface area (Å²) in [6.07, 6.45) is -4.94. The summed E-state index contributed by atoms with van der Waals surface area (Å²) >= 11 is 2.90. The van der Waals surface area contributed by atoms with Crippen LogP contribution in [0.5, 0.6) is 0 Å². The average Bonchev–Trinajstić information content (AvgIpc) is 2.74. The number of nitrogens with zero attached hydrogens (tertiary/aromatic N) is 5. The summed E-state index contributed by atoms with van der Waals surface area (Å²) in [5.74, 6) is -0.0366. The third-order valence-electron chi connectivity index (χ3n) is 4.41. The molecule has 0 radical (unpaired) electrons. The van der Waals surface area contributed by atoms with Crippen molar-refractivity contribution >= 4 is 50.3 Å². The van der Waals surface area contributed by atoms with E-state index in [1.165, 1.54) is 6.92 Å². The first kappa shape index (κ1) is 23.6. The summed E-state index contributed by atoms with van der Waals surface area (Å²) in [6, 6.07) is 11.8. The fourth-order valence-corrected chi connectivity index (χ4v) is 3.36. The van der Waals surface area contributed by atoms with Crippen LogP contribution < -0.4 is 11.1 Å². The maximum absolute atomic E-state index is 13.6. The van der Waals surface area contributed by atoms with Gasteiger partial charge in [0.2, 0.25) is 0 Å². The molecule has 3 rings (SSSR count). The van der Waals surface area contributed by atoms with E-state index in [4.69, 9.17) is 5.73 Å². The number of nitro benzene ring substituents is 1. The fraction of sp³-hybridized carbons (Fsp3) is 0.100. The number of nitro groups is 1. The molecule has 2 aromatic carbocycles. The molecule has 0 spiro atoms. The van der Waals surface area contributed by atoms with Gasteiger partial charge in [-0.3, -0.25) is 10.1 Å². The number of pyridine rings is 1. The molecule has 0 saturated carbocycles. The number of benzene rings is 2. The highest BCUT2D eigenvalue weighted by molar-refractivity contribution is 9.10. The summed E-state index contributed by atoms with van der Waals surface area (Å²) in [4.78, 5) is 14.2. The Kier molecular flexibility index (Phi) is 6.59. The van der Waals surface area contributed by atoms with Crippen LogP contribution in [0.1, 0.15) is 16.7 Å². The number of hydrogen-bond donors (Lipinski definition) is 2. The van der Waals surface area contributed by atoms with Crippen molar-refractivity contribution in [1.82, 2.24) is 4.98 Å². The van der Waals surface area contributed by atoms with E-state index < -0.39 is 28.0 Å². The van der Waals surface area contributed by atoms with E-state index in [1.807, 2.05) is 6.07 Å². The molecule has 0 aliphatic rings. The van der Waals surface area contributed by atoms with Gasteiger partial charge in [0.15, 0.2) is 5.82 Å². The predicted molar refractivity (Wildman–Crippen MR) is 118 cm³/mol. The number of aromatic nitrogens is 1. The lowest BCUT2D eigenvalue weighted by atomic mass is 10.1. The summed E-state index contributed by atoms with van der Waals surface area (Å²) < 4.78 is 40.5. The van der Waals surface area contributed by atoms with Crippen LogP contribution in [0.4, 0.5) is 47.6 Å². The molecule has 0 unspecified atom stereocenters. The molecule has 0 aliphatic heterocycles. The van der Waals surface area contributed by atoms with Crippen LogP contribution in [0.3, 0.4) is 0 Å². The van der Waals surface area contributed by atoms with Crippen LogP contribution in [0.25, 0.3) is 0 Å². The first-order chi connectivity index (χ1) is 15.5. The number of nitrogens with two attached hydrogens (primary N) is 1. The van der Waals surface area contributed by atoms with Gasteiger partial charge in [-0.05, 0) is 35.0 Å². The number of alkyl halides is 3. The number of azo groups is 1. The minimum Gasteiger partial charge on any atom is -0.383 e. The molecule has 0 bridgehead atoms. The smallest absolute Gasteiger partial charge is 0.383 e.